The molecule has 0 fully saturated rings. The van der Waals surface area contributed by atoms with Crippen LogP contribution in [0, 0.1) is 0 Å². The molecule has 0 saturated heterocycles. The average Bonchev–Trinajstić information content (AvgIpc) is 2.53. The molecule has 0 aliphatic heterocycles. The van der Waals surface area contributed by atoms with Crippen molar-refractivity contribution < 1.29 is 19.4 Å². The highest BCUT2D eigenvalue weighted by molar-refractivity contribution is 6.02. The quantitative estimate of drug-likeness (QED) is 0.833. The van der Waals surface area contributed by atoms with Crippen LogP contribution in [-0.2, 0) is 4.79 Å². The molecule has 0 radical (unpaired) electrons. The minimum absolute atomic E-state index is 0.0283. The van der Waals surface area contributed by atoms with Gasteiger partial charge in [-0.2, -0.15) is 0 Å². The SMILES string of the molecule is COc1ccc(/C=C/C(=O)Nc2ccc(OC)c(O)c2)cc1. The van der Waals surface area contributed by atoms with E-state index in [1.54, 1.807) is 25.3 Å². The van der Waals surface area contributed by atoms with E-state index >= 15 is 0 Å². The van der Waals surface area contributed by atoms with E-state index in [4.69, 9.17) is 9.47 Å². The minimum atomic E-state index is -0.291. The lowest BCUT2D eigenvalue weighted by atomic mass is 10.2. The van der Waals surface area contributed by atoms with Gasteiger partial charge >= 0.3 is 0 Å². The van der Waals surface area contributed by atoms with Crippen molar-refractivity contribution in [2.75, 3.05) is 19.5 Å². The molecule has 114 valence electrons. The van der Waals surface area contributed by atoms with Crippen molar-refractivity contribution in [2.45, 2.75) is 0 Å². The first-order valence-electron chi connectivity index (χ1n) is 6.62. The molecule has 2 aromatic rings. The van der Waals surface area contributed by atoms with Crippen LogP contribution in [-0.4, -0.2) is 25.2 Å². The Bertz CT molecular complexity index is 678. The Morgan fingerprint density at radius 3 is 2.41 bits per heavy atom. The Labute approximate surface area is 128 Å². The van der Waals surface area contributed by atoms with Gasteiger partial charge < -0.3 is 19.9 Å². The maximum absolute atomic E-state index is 11.8. The first kappa shape index (κ1) is 15.4. The first-order chi connectivity index (χ1) is 10.6. The second-order valence-corrected chi connectivity index (χ2v) is 4.48. The number of nitrogens with one attached hydrogen (secondary N) is 1. The van der Waals surface area contributed by atoms with E-state index in [0.29, 0.717) is 11.4 Å². The lowest BCUT2D eigenvalue weighted by Gasteiger charge is -2.06. The number of aromatic hydroxyl groups is 1. The van der Waals surface area contributed by atoms with Crippen molar-refractivity contribution in [3.8, 4) is 17.2 Å². The van der Waals surface area contributed by atoms with E-state index in [1.165, 1.54) is 19.3 Å². The van der Waals surface area contributed by atoms with E-state index in [-0.39, 0.29) is 11.7 Å². The van der Waals surface area contributed by atoms with E-state index in [0.717, 1.165) is 11.3 Å². The number of amides is 1. The fraction of sp³-hybridized carbons (Fsp3) is 0.118. The minimum Gasteiger partial charge on any atom is -0.504 e. The molecule has 5 nitrogen and oxygen atoms in total. The number of hydrogen-bond donors (Lipinski definition) is 2. The van der Waals surface area contributed by atoms with Crippen LogP contribution in [0.15, 0.2) is 48.5 Å². The van der Waals surface area contributed by atoms with Gasteiger partial charge in [0.1, 0.15) is 5.75 Å². The highest BCUT2D eigenvalue weighted by Crippen LogP contribution is 2.28. The zero-order valence-corrected chi connectivity index (χ0v) is 12.4. The van der Waals surface area contributed by atoms with Crippen LogP contribution in [0.5, 0.6) is 17.2 Å². The Hall–Kier alpha value is -2.95. The summed E-state index contributed by atoms with van der Waals surface area (Å²) in [5.74, 6) is 0.793. The van der Waals surface area contributed by atoms with Crippen molar-refractivity contribution in [1.29, 1.82) is 0 Å². The lowest BCUT2D eigenvalue weighted by Crippen LogP contribution is -2.07. The summed E-state index contributed by atoms with van der Waals surface area (Å²) in [4.78, 5) is 11.8. The molecular formula is C17H17NO4. The third kappa shape index (κ3) is 4.02. The van der Waals surface area contributed by atoms with Crippen LogP contribution in [0.1, 0.15) is 5.56 Å². The Balaban J connectivity index is 1.99. The van der Waals surface area contributed by atoms with Crippen LogP contribution in [0.3, 0.4) is 0 Å². The zero-order valence-electron chi connectivity index (χ0n) is 12.4. The predicted molar refractivity (Wildman–Crippen MR) is 85.3 cm³/mol. The topological polar surface area (TPSA) is 67.8 Å². The summed E-state index contributed by atoms with van der Waals surface area (Å²) in [5, 5.41) is 12.3. The number of carbonyl (C=O) groups is 1. The molecule has 0 heterocycles. The van der Waals surface area contributed by atoms with Gasteiger partial charge in [-0.05, 0) is 35.9 Å². The maximum Gasteiger partial charge on any atom is 0.248 e. The molecule has 0 aliphatic rings. The Kier molecular flexibility index (Phi) is 5.03. The summed E-state index contributed by atoms with van der Waals surface area (Å²) < 4.78 is 10.0. The highest BCUT2D eigenvalue weighted by Gasteiger charge is 2.04. The molecule has 5 heteroatoms. The number of hydrogen-bond acceptors (Lipinski definition) is 4. The lowest BCUT2D eigenvalue weighted by molar-refractivity contribution is -0.111. The van der Waals surface area contributed by atoms with E-state index < -0.39 is 0 Å². The second-order valence-electron chi connectivity index (χ2n) is 4.48. The predicted octanol–water partition coefficient (Wildman–Crippen LogP) is 3.06. The zero-order chi connectivity index (χ0) is 15.9. The van der Waals surface area contributed by atoms with Gasteiger partial charge in [-0.15, -0.1) is 0 Å². The summed E-state index contributed by atoms with van der Waals surface area (Å²) >= 11 is 0. The molecule has 2 rings (SSSR count). The van der Waals surface area contributed by atoms with Crippen molar-refractivity contribution in [2.24, 2.45) is 0 Å². The van der Waals surface area contributed by atoms with Crippen LogP contribution in [0.4, 0.5) is 5.69 Å². The molecule has 22 heavy (non-hydrogen) atoms. The average molecular weight is 299 g/mol. The molecular weight excluding hydrogens is 282 g/mol. The molecule has 0 unspecified atom stereocenters. The summed E-state index contributed by atoms with van der Waals surface area (Å²) in [6, 6.07) is 12.0. The third-order valence-corrected chi connectivity index (χ3v) is 2.99. The number of methoxy groups -OCH3 is 2. The fourth-order valence-electron chi connectivity index (χ4n) is 1.84. The van der Waals surface area contributed by atoms with Gasteiger partial charge in [0.2, 0.25) is 5.91 Å². The standard InChI is InChI=1S/C17H17NO4/c1-21-14-7-3-12(4-8-14)5-10-17(20)18-13-6-9-16(22-2)15(19)11-13/h3-11,19H,1-2H3,(H,18,20)/b10-5+. The largest absolute Gasteiger partial charge is 0.504 e. The second kappa shape index (κ2) is 7.17. The number of benzene rings is 2. The van der Waals surface area contributed by atoms with Gasteiger partial charge in [-0.3, -0.25) is 4.79 Å². The smallest absolute Gasteiger partial charge is 0.248 e. The normalized spacial score (nSPS) is 10.5. The summed E-state index contributed by atoms with van der Waals surface area (Å²) in [6.07, 6.45) is 3.11. The molecule has 0 aromatic heterocycles. The summed E-state index contributed by atoms with van der Waals surface area (Å²) in [5.41, 5.74) is 1.37. The number of rotatable bonds is 5. The summed E-state index contributed by atoms with van der Waals surface area (Å²) in [6.45, 7) is 0. The number of phenolic OH excluding ortho intramolecular Hbond substituents is 1. The monoisotopic (exact) mass is 299 g/mol. The van der Waals surface area contributed by atoms with Gasteiger partial charge in [0, 0.05) is 17.8 Å². The molecule has 2 aromatic carbocycles. The van der Waals surface area contributed by atoms with Gasteiger partial charge in [0.25, 0.3) is 0 Å². The van der Waals surface area contributed by atoms with Crippen molar-refractivity contribution in [3.63, 3.8) is 0 Å². The van der Waals surface area contributed by atoms with Crippen LogP contribution in [0.25, 0.3) is 6.08 Å². The fourth-order valence-corrected chi connectivity index (χ4v) is 1.84. The maximum atomic E-state index is 11.8. The third-order valence-electron chi connectivity index (χ3n) is 2.99. The number of ether oxygens (including phenoxy) is 2. The Morgan fingerprint density at radius 2 is 1.82 bits per heavy atom. The molecule has 0 aliphatic carbocycles. The number of phenols is 1. The molecule has 0 spiro atoms. The van der Waals surface area contributed by atoms with Crippen molar-refractivity contribution in [1.82, 2.24) is 0 Å². The number of anilines is 1. The van der Waals surface area contributed by atoms with Crippen LogP contribution in [0.2, 0.25) is 0 Å². The van der Waals surface area contributed by atoms with Gasteiger partial charge in [0.15, 0.2) is 11.5 Å². The highest BCUT2D eigenvalue weighted by atomic mass is 16.5. The van der Waals surface area contributed by atoms with Crippen LogP contribution >= 0.6 is 0 Å². The molecule has 0 saturated carbocycles. The van der Waals surface area contributed by atoms with E-state index in [9.17, 15) is 9.90 Å². The molecule has 2 N–H and O–H groups in total. The van der Waals surface area contributed by atoms with Gasteiger partial charge in [-0.25, -0.2) is 0 Å². The molecule has 1 amide bonds. The number of carbonyl (C=O) groups excluding carboxylic acids is 1. The first-order valence-corrected chi connectivity index (χ1v) is 6.62. The summed E-state index contributed by atoms with van der Waals surface area (Å²) in [7, 11) is 3.06. The van der Waals surface area contributed by atoms with E-state index in [2.05, 4.69) is 5.32 Å². The van der Waals surface area contributed by atoms with Crippen LogP contribution < -0.4 is 14.8 Å². The van der Waals surface area contributed by atoms with Crippen molar-refractivity contribution in [3.05, 3.63) is 54.1 Å². The van der Waals surface area contributed by atoms with Gasteiger partial charge in [0.05, 0.1) is 14.2 Å². The molecule has 0 atom stereocenters. The van der Waals surface area contributed by atoms with Gasteiger partial charge in [-0.1, -0.05) is 12.1 Å². The molecule has 0 bridgehead atoms. The Morgan fingerprint density at radius 1 is 1.09 bits per heavy atom. The van der Waals surface area contributed by atoms with Crippen molar-refractivity contribution >= 4 is 17.7 Å². The van der Waals surface area contributed by atoms with E-state index in [1.807, 2.05) is 24.3 Å².